The topological polar surface area (TPSA) is 44.5 Å². The molecule has 0 unspecified atom stereocenters. The van der Waals surface area contributed by atoms with Gasteiger partial charge in [0, 0.05) is 22.2 Å². The van der Waals surface area contributed by atoms with Crippen molar-refractivity contribution in [1.29, 1.82) is 0 Å². The molecule has 4 heteroatoms. The number of hydrogen-bond acceptors (Lipinski definition) is 4. The highest BCUT2D eigenvalue weighted by Gasteiger charge is 2.04. The molecule has 0 aromatic heterocycles. The molecule has 0 aliphatic carbocycles. The van der Waals surface area contributed by atoms with Crippen molar-refractivity contribution < 1.29 is 9.47 Å². The maximum Gasteiger partial charge on any atom is 0.127 e. The van der Waals surface area contributed by atoms with Gasteiger partial charge >= 0.3 is 0 Å². The van der Waals surface area contributed by atoms with Gasteiger partial charge in [-0.2, -0.15) is 0 Å². The van der Waals surface area contributed by atoms with Gasteiger partial charge in [-0.15, -0.1) is 11.8 Å². The van der Waals surface area contributed by atoms with Crippen molar-refractivity contribution in [2.75, 3.05) is 19.1 Å². The van der Waals surface area contributed by atoms with E-state index in [4.69, 9.17) is 15.2 Å². The van der Waals surface area contributed by atoms with Crippen LogP contribution in [0, 0.1) is 0 Å². The lowest BCUT2D eigenvalue weighted by molar-refractivity contribution is 0.296. The minimum Gasteiger partial charge on any atom is -0.496 e. The molecule has 19 heavy (non-hydrogen) atoms. The molecule has 2 rings (SSSR count). The molecule has 2 N–H and O–H groups in total. The van der Waals surface area contributed by atoms with Gasteiger partial charge in [0.15, 0.2) is 0 Å². The van der Waals surface area contributed by atoms with E-state index < -0.39 is 0 Å². The molecule has 0 saturated carbocycles. The largest absolute Gasteiger partial charge is 0.496 e. The second kappa shape index (κ2) is 6.38. The fraction of sp³-hybridized carbons (Fsp3) is 0.200. The maximum atomic E-state index is 5.74. The van der Waals surface area contributed by atoms with Crippen molar-refractivity contribution in [2.45, 2.75) is 11.5 Å². The summed E-state index contributed by atoms with van der Waals surface area (Å²) < 4.78 is 11.0. The zero-order valence-corrected chi connectivity index (χ0v) is 11.9. The standard InChI is InChI=1S/C15H17NO2S/c1-17-15-9-12(16)4-3-11(15)10-18-13-5-7-14(19-2)8-6-13/h3-9H,10,16H2,1-2H3. The highest BCUT2D eigenvalue weighted by molar-refractivity contribution is 7.98. The van der Waals surface area contributed by atoms with Gasteiger partial charge < -0.3 is 15.2 Å². The van der Waals surface area contributed by atoms with Gasteiger partial charge in [-0.1, -0.05) is 0 Å². The van der Waals surface area contributed by atoms with E-state index in [1.54, 1.807) is 24.9 Å². The fourth-order valence-electron chi connectivity index (χ4n) is 1.71. The zero-order chi connectivity index (χ0) is 13.7. The van der Waals surface area contributed by atoms with Gasteiger partial charge in [-0.05, 0) is 42.7 Å². The van der Waals surface area contributed by atoms with Crippen molar-refractivity contribution in [3.8, 4) is 11.5 Å². The fourth-order valence-corrected chi connectivity index (χ4v) is 2.12. The van der Waals surface area contributed by atoms with Crippen LogP contribution in [-0.4, -0.2) is 13.4 Å². The molecule has 0 aliphatic heterocycles. The van der Waals surface area contributed by atoms with Crippen molar-refractivity contribution in [1.82, 2.24) is 0 Å². The van der Waals surface area contributed by atoms with Crippen LogP contribution in [0.2, 0.25) is 0 Å². The molecular formula is C15H17NO2S. The molecule has 2 aromatic carbocycles. The predicted molar refractivity (Wildman–Crippen MR) is 80.0 cm³/mol. The van der Waals surface area contributed by atoms with E-state index in [1.807, 2.05) is 36.4 Å². The van der Waals surface area contributed by atoms with Gasteiger partial charge in [0.05, 0.1) is 7.11 Å². The van der Waals surface area contributed by atoms with E-state index in [1.165, 1.54) is 4.90 Å². The van der Waals surface area contributed by atoms with Crippen molar-refractivity contribution in [2.24, 2.45) is 0 Å². The number of benzene rings is 2. The summed E-state index contributed by atoms with van der Waals surface area (Å²) in [6.07, 6.45) is 2.05. The summed E-state index contributed by atoms with van der Waals surface area (Å²) in [6.45, 7) is 0.460. The van der Waals surface area contributed by atoms with Crippen molar-refractivity contribution in [3.63, 3.8) is 0 Å². The monoisotopic (exact) mass is 275 g/mol. The number of rotatable bonds is 5. The van der Waals surface area contributed by atoms with E-state index in [0.717, 1.165) is 17.1 Å². The number of nitrogen functional groups attached to an aromatic ring is 1. The summed E-state index contributed by atoms with van der Waals surface area (Å²) in [5, 5.41) is 0. The number of thioether (sulfide) groups is 1. The molecule has 3 nitrogen and oxygen atoms in total. The van der Waals surface area contributed by atoms with Crippen LogP contribution in [0.5, 0.6) is 11.5 Å². The van der Waals surface area contributed by atoms with Crippen LogP contribution < -0.4 is 15.2 Å². The minimum absolute atomic E-state index is 0.460. The summed E-state index contributed by atoms with van der Waals surface area (Å²) in [5.41, 5.74) is 7.38. The van der Waals surface area contributed by atoms with Crippen molar-refractivity contribution >= 4 is 17.4 Å². The molecule has 0 saturated heterocycles. The number of anilines is 1. The third-order valence-corrected chi connectivity index (χ3v) is 3.51. The highest BCUT2D eigenvalue weighted by atomic mass is 32.2. The lowest BCUT2D eigenvalue weighted by Crippen LogP contribution is -1.99. The maximum absolute atomic E-state index is 5.74. The molecule has 0 aliphatic rings. The average molecular weight is 275 g/mol. The summed E-state index contributed by atoms with van der Waals surface area (Å²) in [7, 11) is 1.63. The first-order chi connectivity index (χ1) is 9.22. The van der Waals surface area contributed by atoms with E-state index in [2.05, 4.69) is 6.26 Å². The van der Waals surface area contributed by atoms with E-state index in [9.17, 15) is 0 Å². The quantitative estimate of drug-likeness (QED) is 0.669. The summed E-state index contributed by atoms with van der Waals surface area (Å²) in [5.74, 6) is 1.59. The van der Waals surface area contributed by atoms with Gasteiger partial charge in [0.25, 0.3) is 0 Å². The van der Waals surface area contributed by atoms with E-state index in [-0.39, 0.29) is 0 Å². The molecule has 0 radical (unpaired) electrons. The molecule has 0 heterocycles. The molecule has 0 atom stereocenters. The van der Waals surface area contributed by atoms with Gasteiger partial charge in [0.1, 0.15) is 18.1 Å². The van der Waals surface area contributed by atoms with Crippen LogP contribution in [0.15, 0.2) is 47.4 Å². The van der Waals surface area contributed by atoms with Crippen LogP contribution in [0.4, 0.5) is 5.69 Å². The Morgan fingerprint density at radius 3 is 2.47 bits per heavy atom. The van der Waals surface area contributed by atoms with E-state index >= 15 is 0 Å². The summed E-state index contributed by atoms with van der Waals surface area (Å²) >= 11 is 1.71. The molecular weight excluding hydrogens is 258 g/mol. The van der Waals surface area contributed by atoms with Crippen LogP contribution in [0.3, 0.4) is 0 Å². The van der Waals surface area contributed by atoms with Gasteiger partial charge in [0.2, 0.25) is 0 Å². The normalized spacial score (nSPS) is 10.2. The third kappa shape index (κ3) is 3.58. The summed E-state index contributed by atoms with van der Waals surface area (Å²) in [6, 6.07) is 13.6. The minimum atomic E-state index is 0.460. The average Bonchev–Trinajstić information content (AvgIpc) is 2.46. The van der Waals surface area contributed by atoms with Crippen molar-refractivity contribution in [3.05, 3.63) is 48.0 Å². The number of nitrogens with two attached hydrogens (primary N) is 1. The van der Waals surface area contributed by atoms with E-state index in [0.29, 0.717) is 12.3 Å². The first-order valence-electron chi connectivity index (χ1n) is 5.92. The Bertz CT molecular complexity index is 540. The van der Waals surface area contributed by atoms with Crippen LogP contribution in [0.1, 0.15) is 5.56 Å². The molecule has 2 aromatic rings. The zero-order valence-electron chi connectivity index (χ0n) is 11.1. The third-order valence-electron chi connectivity index (χ3n) is 2.76. The van der Waals surface area contributed by atoms with Crippen LogP contribution >= 0.6 is 11.8 Å². The Hall–Kier alpha value is -1.81. The smallest absolute Gasteiger partial charge is 0.127 e. The predicted octanol–water partition coefficient (Wildman–Crippen LogP) is 3.58. The lowest BCUT2D eigenvalue weighted by atomic mass is 10.2. The summed E-state index contributed by atoms with van der Waals surface area (Å²) in [4.78, 5) is 1.22. The molecule has 0 amide bonds. The molecule has 0 spiro atoms. The number of ether oxygens (including phenoxy) is 2. The molecule has 0 fully saturated rings. The second-order valence-corrected chi connectivity index (χ2v) is 4.92. The lowest BCUT2D eigenvalue weighted by Gasteiger charge is -2.11. The number of methoxy groups -OCH3 is 1. The first kappa shape index (κ1) is 13.6. The Labute approximate surface area is 117 Å². The van der Waals surface area contributed by atoms with Gasteiger partial charge in [-0.3, -0.25) is 0 Å². The Kier molecular flexibility index (Phi) is 4.58. The number of hydrogen-bond donors (Lipinski definition) is 1. The Morgan fingerprint density at radius 1 is 1.11 bits per heavy atom. The second-order valence-electron chi connectivity index (χ2n) is 4.04. The van der Waals surface area contributed by atoms with Gasteiger partial charge in [-0.25, -0.2) is 0 Å². The first-order valence-corrected chi connectivity index (χ1v) is 7.14. The highest BCUT2D eigenvalue weighted by Crippen LogP contribution is 2.24. The Balaban J connectivity index is 2.05. The molecule has 0 bridgehead atoms. The van der Waals surface area contributed by atoms with Crippen LogP contribution in [0.25, 0.3) is 0 Å². The molecule has 100 valence electrons. The SMILES string of the molecule is COc1cc(N)ccc1COc1ccc(SC)cc1. The van der Waals surface area contributed by atoms with Crippen LogP contribution in [-0.2, 0) is 6.61 Å². The Morgan fingerprint density at radius 2 is 1.84 bits per heavy atom.